The fraction of sp³-hybridized carbons (Fsp3) is 0.357. The number of ether oxygens (including phenoxy) is 3. The van der Waals surface area contributed by atoms with Crippen LogP contribution in [0.4, 0.5) is 10.1 Å². The summed E-state index contributed by atoms with van der Waals surface area (Å²) in [6, 6.07) is 20.9. The fourth-order valence-electron chi connectivity index (χ4n) is 4.31. The standard InChI is InChI=1S/C28H32FNO3/c1-5-31-26-24-16-23(30-17-21-11-7-6-9-19(21)2)13-14-25(24)33-28(3,4)27(26)32-18-20-10-8-12-22(29)15-20/h6-16,26-27,30H,5,17-18H2,1-4H3. The Kier molecular flexibility index (Phi) is 7.01. The van der Waals surface area contributed by atoms with Gasteiger partial charge in [-0.25, -0.2) is 4.39 Å². The second-order valence-electron chi connectivity index (χ2n) is 8.98. The third-order valence-electron chi connectivity index (χ3n) is 6.06. The number of hydrogen-bond donors (Lipinski definition) is 1. The van der Waals surface area contributed by atoms with Crippen LogP contribution in [-0.4, -0.2) is 18.3 Å². The molecular weight excluding hydrogens is 417 g/mol. The molecule has 0 spiro atoms. The van der Waals surface area contributed by atoms with E-state index in [1.165, 1.54) is 23.3 Å². The van der Waals surface area contributed by atoms with Crippen molar-refractivity contribution in [1.29, 1.82) is 0 Å². The summed E-state index contributed by atoms with van der Waals surface area (Å²) in [7, 11) is 0. The maximum atomic E-state index is 13.6. The lowest BCUT2D eigenvalue weighted by Crippen LogP contribution is -2.51. The molecule has 0 aliphatic carbocycles. The van der Waals surface area contributed by atoms with Crippen LogP contribution in [0.3, 0.4) is 0 Å². The van der Waals surface area contributed by atoms with E-state index in [0.717, 1.165) is 29.1 Å². The van der Waals surface area contributed by atoms with Crippen molar-refractivity contribution in [2.45, 2.75) is 58.7 Å². The lowest BCUT2D eigenvalue weighted by Gasteiger charge is -2.44. The smallest absolute Gasteiger partial charge is 0.132 e. The monoisotopic (exact) mass is 449 g/mol. The van der Waals surface area contributed by atoms with E-state index >= 15 is 0 Å². The molecule has 1 aliphatic heterocycles. The molecule has 0 bridgehead atoms. The minimum absolute atomic E-state index is 0.272. The molecule has 1 aliphatic rings. The highest BCUT2D eigenvalue weighted by Gasteiger charge is 2.45. The van der Waals surface area contributed by atoms with E-state index in [0.29, 0.717) is 6.61 Å². The Hall–Kier alpha value is -2.89. The van der Waals surface area contributed by atoms with E-state index in [-0.39, 0.29) is 24.6 Å². The van der Waals surface area contributed by atoms with Crippen LogP contribution in [0.1, 0.15) is 49.1 Å². The largest absolute Gasteiger partial charge is 0.485 e. The molecule has 0 saturated heterocycles. The van der Waals surface area contributed by atoms with E-state index < -0.39 is 5.60 Å². The number of fused-ring (bicyclic) bond motifs is 1. The van der Waals surface area contributed by atoms with Gasteiger partial charge in [0.2, 0.25) is 0 Å². The molecule has 0 aromatic heterocycles. The van der Waals surface area contributed by atoms with Crippen molar-refractivity contribution < 1.29 is 18.6 Å². The van der Waals surface area contributed by atoms with Gasteiger partial charge in [-0.1, -0.05) is 36.4 Å². The van der Waals surface area contributed by atoms with Crippen LogP contribution in [0.5, 0.6) is 5.75 Å². The Morgan fingerprint density at radius 3 is 2.58 bits per heavy atom. The maximum absolute atomic E-state index is 13.6. The average Bonchev–Trinajstić information content (AvgIpc) is 2.78. The van der Waals surface area contributed by atoms with Crippen LogP contribution in [0, 0.1) is 12.7 Å². The first kappa shape index (κ1) is 23.3. The Morgan fingerprint density at radius 2 is 1.82 bits per heavy atom. The summed E-state index contributed by atoms with van der Waals surface area (Å²) in [6.07, 6.45) is -0.664. The molecule has 1 heterocycles. The summed E-state index contributed by atoms with van der Waals surface area (Å²) in [5.41, 5.74) is 4.62. The topological polar surface area (TPSA) is 39.7 Å². The summed E-state index contributed by atoms with van der Waals surface area (Å²) in [5.74, 6) is 0.525. The average molecular weight is 450 g/mol. The second-order valence-corrected chi connectivity index (χ2v) is 8.98. The minimum atomic E-state index is -0.615. The van der Waals surface area contributed by atoms with Gasteiger partial charge in [0, 0.05) is 24.4 Å². The van der Waals surface area contributed by atoms with E-state index in [4.69, 9.17) is 14.2 Å². The highest BCUT2D eigenvalue weighted by atomic mass is 19.1. The van der Waals surface area contributed by atoms with Gasteiger partial charge >= 0.3 is 0 Å². The van der Waals surface area contributed by atoms with Crippen molar-refractivity contribution in [2.75, 3.05) is 11.9 Å². The van der Waals surface area contributed by atoms with Gasteiger partial charge < -0.3 is 19.5 Å². The van der Waals surface area contributed by atoms with Crippen molar-refractivity contribution >= 4 is 5.69 Å². The lowest BCUT2D eigenvalue weighted by atomic mass is 9.87. The Labute approximate surface area is 195 Å². The van der Waals surface area contributed by atoms with Gasteiger partial charge in [0.15, 0.2) is 0 Å². The third-order valence-corrected chi connectivity index (χ3v) is 6.06. The van der Waals surface area contributed by atoms with Crippen LogP contribution < -0.4 is 10.1 Å². The Balaban J connectivity index is 1.57. The maximum Gasteiger partial charge on any atom is 0.132 e. The molecule has 3 aromatic rings. The molecule has 5 heteroatoms. The number of aryl methyl sites for hydroxylation is 1. The summed E-state index contributed by atoms with van der Waals surface area (Å²) >= 11 is 0. The number of anilines is 1. The number of halogens is 1. The first-order chi connectivity index (χ1) is 15.9. The van der Waals surface area contributed by atoms with Crippen LogP contribution in [0.25, 0.3) is 0 Å². The van der Waals surface area contributed by atoms with Gasteiger partial charge in [0.1, 0.15) is 29.4 Å². The first-order valence-corrected chi connectivity index (χ1v) is 11.5. The zero-order valence-corrected chi connectivity index (χ0v) is 19.7. The van der Waals surface area contributed by atoms with Crippen LogP contribution >= 0.6 is 0 Å². The van der Waals surface area contributed by atoms with Gasteiger partial charge in [-0.05, 0) is 74.7 Å². The van der Waals surface area contributed by atoms with Gasteiger partial charge in [0.25, 0.3) is 0 Å². The third kappa shape index (κ3) is 5.37. The van der Waals surface area contributed by atoms with E-state index in [1.54, 1.807) is 6.07 Å². The van der Waals surface area contributed by atoms with Crippen molar-refractivity contribution in [3.63, 3.8) is 0 Å². The van der Waals surface area contributed by atoms with E-state index in [9.17, 15) is 4.39 Å². The van der Waals surface area contributed by atoms with Crippen LogP contribution in [0.15, 0.2) is 66.7 Å². The molecule has 0 radical (unpaired) electrons. The van der Waals surface area contributed by atoms with Gasteiger partial charge in [-0.2, -0.15) is 0 Å². The molecule has 3 aromatic carbocycles. The van der Waals surface area contributed by atoms with Crippen molar-refractivity contribution in [2.24, 2.45) is 0 Å². The molecule has 0 saturated carbocycles. The normalized spacial score (nSPS) is 18.9. The van der Waals surface area contributed by atoms with Crippen molar-refractivity contribution in [3.05, 3.63) is 94.8 Å². The van der Waals surface area contributed by atoms with E-state index in [1.807, 2.05) is 45.0 Å². The highest BCUT2D eigenvalue weighted by Crippen LogP contribution is 2.44. The molecule has 4 rings (SSSR count). The summed E-state index contributed by atoms with van der Waals surface area (Å²) in [5, 5.41) is 3.52. The van der Waals surface area contributed by atoms with E-state index in [2.05, 4.69) is 36.5 Å². The molecule has 33 heavy (non-hydrogen) atoms. The second kappa shape index (κ2) is 9.94. The van der Waals surface area contributed by atoms with Crippen LogP contribution in [0.2, 0.25) is 0 Å². The molecular formula is C28H32FNO3. The molecule has 2 atom stereocenters. The quantitative estimate of drug-likeness (QED) is 0.422. The highest BCUT2D eigenvalue weighted by molar-refractivity contribution is 5.54. The predicted octanol–water partition coefficient (Wildman–Crippen LogP) is 6.58. The molecule has 0 amide bonds. The van der Waals surface area contributed by atoms with Gasteiger partial charge in [0.05, 0.1) is 6.61 Å². The summed E-state index contributed by atoms with van der Waals surface area (Å²) in [4.78, 5) is 0. The van der Waals surface area contributed by atoms with Crippen molar-refractivity contribution in [3.8, 4) is 5.75 Å². The van der Waals surface area contributed by atoms with Gasteiger partial charge in [-0.3, -0.25) is 0 Å². The Morgan fingerprint density at radius 1 is 1.00 bits per heavy atom. The zero-order valence-electron chi connectivity index (χ0n) is 19.7. The van der Waals surface area contributed by atoms with Crippen LogP contribution in [-0.2, 0) is 22.6 Å². The molecule has 0 fully saturated rings. The first-order valence-electron chi connectivity index (χ1n) is 11.5. The number of benzene rings is 3. The fourth-order valence-corrected chi connectivity index (χ4v) is 4.31. The zero-order chi connectivity index (χ0) is 23.4. The lowest BCUT2D eigenvalue weighted by molar-refractivity contribution is -0.165. The Bertz CT molecular complexity index is 1100. The molecule has 2 unspecified atom stereocenters. The number of hydrogen-bond acceptors (Lipinski definition) is 4. The number of nitrogens with one attached hydrogen (secondary N) is 1. The number of rotatable bonds is 8. The summed E-state index contributed by atoms with van der Waals surface area (Å²) < 4.78 is 32.5. The minimum Gasteiger partial charge on any atom is -0.485 e. The SMILES string of the molecule is CCOC1c2cc(NCc3ccccc3C)ccc2OC(C)(C)C1OCc1cccc(F)c1. The van der Waals surface area contributed by atoms with Crippen molar-refractivity contribution in [1.82, 2.24) is 0 Å². The molecule has 1 N–H and O–H groups in total. The predicted molar refractivity (Wildman–Crippen MR) is 129 cm³/mol. The van der Waals surface area contributed by atoms with Gasteiger partial charge in [-0.15, -0.1) is 0 Å². The molecule has 174 valence electrons. The molecule has 4 nitrogen and oxygen atoms in total. The summed E-state index contributed by atoms with van der Waals surface area (Å²) in [6.45, 7) is 9.65.